The molecule has 0 aliphatic rings. The third-order valence-electron chi connectivity index (χ3n) is 4.95. The van der Waals surface area contributed by atoms with E-state index in [1.54, 1.807) is 30.3 Å². The van der Waals surface area contributed by atoms with Gasteiger partial charge in [0.1, 0.15) is 0 Å². The number of amides is 1. The second-order valence-corrected chi connectivity index (χ2v) is 9.58. The van der Waals surface area contributed by atoms with Crippen LogP contribution < -0.4 is 5.32 Å². The molecule has 0 bridgehead atoms. The summed E-state index contributed by atoms with van der Waals surface area (Å²) < 4.78 is 65.6. The second kappa shape index (κ2) is 8.24. The van der Waals surface area contributed by atoms with Gasteiger partial charge in [0.2, 0.25) is 10.0 Å². The molecule has 1 aromatic heterocycles. The van der Waals surface area contributed by atoms with E-state index in [0.717, 1.165) is 22.4 Å². The Kier molecular flexibility index (Phi) is 5.71. The average Bonchev–Trinajstić information content (AvgIpc) is 3.13. The number of carbonyl (C=O) groups is 1. The van der Waals surface area contributed by atoms with Gasteiger partial charge >= 0.3 is 6.18 Å². The van der Waals surface area contributed by atoms with Crippen molar-refractivity contribution in [2.45, 2.75) is 6.18 Å². The van der Waals surface area contributed by atoms with Crippen molar-refractivity contribution in [2.24, 2.45) is 0 Å². The average molecular weight is 493 g/mol. The minimum absolute atomic E-state index is 0.0770. The number of hydrogen-bond donors (Lipinski definition) is 1. The van der Waals surface area contributed by atoms with Crippen LogP contribution in [-0.2, 0) is 16.2 Å². The molecule has 5 nitrogen and oxygen atoms in total. The maximum Gasteiger partial charge on any atom is 0.416 e. The summed E-state index contributed by atoms with van der Waals surface area (Å²) in [6, 6.07) is 16.9. The molecule has 0 aliphatic heterocycles. The van der Waals surface area contributed by atoms with E-state index in [9.17, 15) is 26.4 Å². The first kappa shape index (κ1) is 22.9. The summed E-state index contributed by atoms with van der Waals surface area (Å²) >= 11 is 6.06. The molecule has 0 radical (unpaired) electrons. The topological polar surface area (TPSA) is 68.2 Å². The van der Waals surface area contributed by atoms with Crippen LogP contribution in [-0.4, -0.2) is 24.6 Å². The molecule has 4 rings (SSSR count). The Bertz CT molecular complexity index is 1490. The van der Waals surface area contributed by atoms with Gasteiger partial charge < -0.3 is 5.32 Å². The smallest absolute Gasteiger partial charge is 0.322 e. The molecular formula is C23H16ClF3N2O3S. The van der Waals surface area contributed by atoms with Crippen LogP contribution in [0.3, 0.4) is 0 Å². The SMILES string of the molecule is CS(=O)(=O)n1c(-c2cccc(C(F)(F)F)c2)cc2cc(NC(=O)c3ccccc3Cl)ccc21. The van der Waals surface area contributed by atoms with Crippen LogP contribution in [0.25, 0.3) is 22.2 Å². The number of benzene rings is 3. The maximum absolute atomic E-state index is 13.2. The Morgan fingerprint density at radius 1 is 0.970 bits per heavy atom. The third-order valence-corrected chi connectivity index (χ3v) is 6.34. The highest BCUT2D eigenvalue weighted by molar-refractivity contribution is 7.89. The molecule has 10 heteroatoms. The minimum atomic E-state index is -4.58. The van der Waals surface area contributed by atoms with Gasteiger partial charge in [0.25, 0.3) is 5.91 Å². The molecule has 0 spiro atoms. The molecule has 1 amide bonds. The molecule has 0 saturated heterocycles. The van der Waals surface area contributed by atoms with Crippen molar-refractivity contribution in [2.75, 3.05) is 11.6 Å². The minimum Gasteiger partial charge on any atom is -0.322 e. The zero-order chi connectivity index (χ0) is 24.0. The number of alkyl halides is 3. The standard InChI is InChI=1S/C23H16ClF3N2O3S/c1-33(31,32)29-20-10-9-17(28-22(30)18-7-2-3-8-19(18)24)12-15(20)13-21(29)14-5-4-6-16(11-14)23(25,26)27/h2-13H,1H3,(H,28,30). The second-order valence-electron chi connectivity index (χ2n) is 7.34. The lowest BCUT2D eigenvalue weighted by Crippen LogP contribution is -2.13. The lowest BCUT2D eigenvalue weighted by atomic mass is 10.1. The molecule has 0 aliphatic carbocycles. The van der Waals surface area contributed by atoms with Gasteiger partial charge in [-0.15, -0.1) is 0 Å². The highest BCUT2D eigenvalue weighted by atomic mass is 35.5. The van der Waals surface area contributed by atoms with Crippen LogP contribution in [0.4, 0.5) is 18.9 Å². The first-order valence-corrected chi connectivity index (χ1v) is 11.8. The van der Waals surface area contributed by atoms with Gasteiger partial charge in [-0.25, -0.2) is 12.4 Å². The van der Waals surface area contributed by atoms with E-state index in [2.05, 4.69) is 5.32 Å². The molecule has 1 N–H and O–H groups in total. The van der Waals surface area contributed by atoms with Gasteiger partial charge in [0, 0.05) is 11.1 Å². The van der Waals surface area contributed by atoms with Crippen molar-refractivity contribution in [1.82, 2.24) is 3.97 Å². The Morgan fingerprint density at radius 2 is 1.70 bits per heavy atom. The van der Waals surface area contributed by atoms with Gasteiger partial charge in [-0.05, 0) is 54.1 Å². The van der Waals surface area contributed by atoms with E-state index >= 15 is 0 Å². The summed E-state index contributed by atoms with van der Waals surface area (Å²) in [5.74, 6) is -0.458. The number of hydrogen-bond acceptors (Lipinski definition) is 3. The molecule has 0 saturated carbocycles. The largest absolute Gasteiger partial charge is 0.416 e. The number of carbonyl (C=O) groups excluding carboxylic acids is 1. The van der Waals surface area contributed by atoms with E-state index in [1.807, 2.05) is 0 Å². The number of fused-ring (bicyclic) bond motifs is 1. The molecule has 0 fully saturated rings. The van der Waals surface area contributed by atoms with Crippen LogP contribution in [0.15, 0.2) is 72.8 Å². The summed E-state index contributed by atoms with van der Waals surface area (Å²) in [7, 11) is -3.87. The van der Waals surface area contributed by atoms with Crippen molar-refractivity contribution in [1.29, 1.82) is 0 Å². The molecule has 4 aromatic rings. The van der Waals surface area contributed by atoms with Crippen molar-refractivity contribution < 1.29 is 26.4 Å². The number of aromatic nitrogens is 1. The zero-order valence-corrected chi connectivity index (χ0v) is 18.6. The first-order valence-electron chi connectivity index (χ1n) is 9.55. The van der Waals surface area contributed by atoms with Crippen molar-refractivity contribution in [3.05, 3.63) is 88.9 Å². The monoisotopic (exact) mass is 492 g/mol. The summed E-state index contributed by atoms with van der Waals surface area (Å²) in [5, 5.41) is 3.39. The number of nitrogens with one attached hydrogen (secondary N) is 1. The number of halogens is 4. The van der Waals surface area contributed by atoms with Crippen molar-refractivity contribution in [3.8, 4) is 11.3 Å². The molecule has 33 heavy (non-hydrogen) atoms. The predicted octanol–water partition coefficient (Wildman–Crippen LogP) is 6.04. The maximum atomic E-state index is 13.2. The van der Waals surface area contributed by atoms with Gasteiger partial charge in [-0.2, -0.15) is 13.2 Å². The quantitative estimate of drug-likeness (QED) is 0.377. The van der Waals surface area contributed by atoms with Crippen LogP contribution in [0.2, 0.25) is 5.02 Å². The van der Waals surface area contributed by atoms with E-state index in [4.69, 9.17) is 11.6 Å². The molecule has 0 unspecified atom stereocenters. The first-order chi connectivity index (χ1) is 15.4. The highest BCUT2D eigenvalue weighted by Gasteiger charge is 2.31. The van der Waals surface area contributed by atoms with Crippen LogP contribution in [0.5, 0.6) is 0 Å². The third kappa shape index (κ3) is 4.60. The number of rotatable bonds is 4. The van der Waals surface area contributed by atoms with E-state index in [1.165, 1.54) is 30.3 Å². The summed E-state index contributed by atoms with van der Waals surface area (Å²) in [4.78, 5) is 12.6. The Labute approximate surface area is 192 Å². The zero-order valence-electron chi connectivity index (χ0n) is 17.0. The van der Waals surface area contributed by atoms with Crippen molar-refractivity contribution in [3.63, 3.8) is 0 Å². The highest BCUT2D eigenvalue weighted by Crippen LogP contribution is 2.35. The van der Waals surface area contributed by atoms with Gasteiger partial charge in [-0.3, -0.25) is 4.79 Å². The molecule has 170 valence electrons. The van der Waals surface area contributed by atoms with Gasteiger partial charge in [0.05, 0.1) is 33.6 Å². The van der Waals surface area contributed by atoms with Crippen molar-refractivity contribution >= 4 is 44.1 Å². The fraction of sp³-hybridized carbons (Fsp3) is 0.0870. The fourth-order valence-corrected chi connectivity index (χ4v) is 4.79. The molecular weight excluding hydrogens is 477 g/mol. The van der Waals surface area contributed by atoms with Gasteiger partial charge in [-0.1, -0.05) is 35.9 Å². The normalized spacial score (nSPS) is 12.2. The fourth-order valence-electron chi connectivity index (χ4n) is 3.53. The predicted molar refractivity (Wildman–Crippen MR) is 122 cm³/mol. The van der Waals surface area contributed by atoms with Gasteiger partial charge in [0.15, 0.2) is 0 Å². The summed E-state index contributed by atoms with van der Waals surface area (Å²) in [6.45, 7) is 0. The van der Waals surface area contributed by atoms with Crippen LogP contribution >= 0.6 is 11.6 Å². The van der Waals surface area contributed by atoms with E-state index in [0.29, 0.717) is 11.1 Å². The Hall–Kier alpha value is -3.30. The lowest BCUT2D eigenvalue weighted by molar-refractivity contribution is -0.137. The summed E-state index contributed by atoms with van der Waals surface area (Å²) in [6.07, 6.45) is -3.61. The van der Waals surface area contributed by atoms with E-state index in [-0.39, 0.29) is 27.4 Å². The Morgan fingerprint density at radius 3 is 2.36 bits per heavy atom. The van der Waals surface area contributed by atoms with Crippen LogP contribution in [0, 0.1) is 0 Å². The van der Waals surface area contributed by atoms with Crippen LogP contribution in [0.1, 0.15) is 15.9 Å². The summed E-state index contributed by atoms with van der Waals surface area (Å²) in [5.41, 5.74) is 0.172. The molecule has 1 heterocycles. The number of nitrogens with zero attached hydrogens (tertiary/aromatic N) is 1. The molecule has 3 aromatic carbocycles. The lowest BCUT2D eigenvalue weighted by Gasteiger charge is -2.11. The number of anilines is 1. The van der Waals surface area contributed by atoms with E-state index < -0.39 is 27.7 Å². The molecule has 0 atom stereocenters. The Balaban J connectivity index is 1.81.